The lowest BCUT2D eigenvalue weighted by Crippen LogP contribution is -2.18. The van der Waals surface area contributed by atoms with Crippen molar-refractivity contribution in [2.75, 3.05) is 5.32 Å². The summed E-state index contributed by atoms with van der Waals surface area (Å²) in [4.78, 5) is 12.0. The molecule has 2 rings (SSSR count). The van der Waals surface area contributed by atoms with Gasteiger partial charge < -0.3 is 0 Å². The van der Waals surface area contributed by atoms with Crippen LogP contribution in [0.3, 0.4) is 0 Å². The lowest BCUT2D eigenvalue weighted by Gasteiger charge is -2.11. The zero-order valence-corrected chi connectivity index (χ0v) is 13.3. The molecule has 2 aromatic rings. The fourth-order valence-corrected chi connectivity index (χ4v) is 3.57. The van der Waals surface area contributed by atoms with Crippen molar-refractivity contribution in [1.82, 2.24) is 10.2 Å². The SMILES string of the molecule is CC(C)Sc1nnc(NC(=O)c2ccccc2C(F)(F)F)s1. The number of nitrogens with zero attached hydrogens (tertiary/aromatic N) is 2. The van der Waals surface area contributed by atoms with Gasteiger partial charge in [-0.1, -0.05) is 49.1 Å². The summed E-state index contributed by atoms with van der Waals surface area (Å²) in [6.07, 6.45) is -4.59. The van der Waals surface area contributed by atoms with E-state index in [1.165, 1.54) is 23.9 Å². The third-order valence-corrected chi connectivity index (χ3v) is 4.37. The molecule has 1 heterocycles. The number of amides is 1. The highest BCUT2D eigenvalue weighted by atomic mass is 32.2. The van der Waals surface area contributed by atoms with E-state index in [4.69, 9.17) is 0 Å². The van der Waals surface area contributed by atoms with Gasteiger partial charge in [-0.25, -0.2) is 0 Å². The minimum atomic E-state index is -4.59. The van der Waals surface area contributed by atoms with Gasteiger partial charge in [0.05, 0.1) is 11.1 Å². The second-order valence-electron chi connectivity index (χ2n) is 4.54. The molecule has 1 aromatic carbocycles. The molecule has 0 atom stereocenters. The Hall–Kier alpha value is -1.61. The first-order valence-electron chi connectivity index (χ1n) is 6.25. The summed E-state index contributed by atoms with van der Waals surface area (Å²) in [5, 5.41) is 10.5. The maximum Gasteiger partial charge on any atom is 0.417 e. The molecule has 0 aliphatic carbocycles. The van der Waals surface area contributed by atoms with E-state index in [1.807, 2.05) is 13.8 Å². The predicted molar refractivity (Wildman–Crippen MR) is 80.3 cm³/mol. The monoisotopic (exact) mass is 347 g/mol. The van der Waals surface area contributed by atoms with E-state index in [9.17, 15) is 18.0 Å². The van der Waals surface area contributed by atoms with Gasteiger partial charge in [0.1, 0.15) is 0 Å². The van der Waals surface area contributed by atoms with Crippen molar-refractivity contribution in [3.63, 3.8) is 0 Å². The van der Waals surface area contributed by atoms with Gasteiger partial charge in [-0.3, -0.25) is 10.1 Å². The molecule has 0 spiro atoms. The molecule has 0 aliphatic rings. The fourth-order valence-electron chi connectivity index (χ4n) is 1.60. The smallest absolute Gasteiger partial charge is 0.296 e. The van der Waals surface area contributed by atoms with E-state index in [2.05, 4.69) is 15.5 Å². The Morgan fingerprint density at radius 3 is 2.59 bits per heavy atom. The molecule has 0 saturated carbocycles. The number of benzene rings is 1. The summed E-state index contributed by atoms with van der Waals surface area (Å²) in [6.45, 7) is 3.95. The largest absolute Gasteiger partial charge is 0.417 e. The normalized spacial score (nSPS) is 11.7. The minimum absolute atomic E-state index is 0.171. The van der Waals surface area contributed by atoms with Gasteiger partial charge in [0.15, 0.2) is 4.34 Å². The van der Waals surface area contributed by atoms with Crippen molar-refractivity contribution in [1.29, 1.82) is 0 Å². The molecular formula is C13H12F3N3OS2. The molecule has 0 aliphatic heterocycles. The molecule has 0 radical (unpaired) electrons. The van der Waals surface area contributed by atoms with Crippen LogP contribution in [-0.2, 0) is 6.18 Å². The molecule has 1 N–H and O–H groups in total. The van der Waals surface area contributed by atoms with Gasteiger partial charge in [-0.2, -0.15) is 13.2 Å². The molecule has 4 nitrogen and oxygen atoms in total. The average Bonchev–Trinajstić information content (AvgIpc) is 2.84. The van der Waals surface area contributed by atoms with E-state index in [0.717, 1.165) is 23.5 Å². The zero-order valence-electron chi connectivity index (χ0n) is 11.6. The van der Waals surface area contributed by atoms with E-state index >= 15 is 0 Å². The Morgan fingerprint density at radius 1 is 1.27 bits per heavy atom. The summed E-state index contributed by atoms with van der Waals surface area (Å²) in [5.74, 6) is -0.856. The van der Waals surface area contributed by atoms with Crippen molar-refractivity contribution in [3.8, 4) is 0 Å². The number of halogens is 3. The van der Waals surface area contributed by atoms with Crippen LogP contribution in [0.15, 0.2) is 28.6 Å². The summed E-state index contributed by atoms with van der Waals surface area (Å²) in [6, 6.07) is 4.62. The molecule has 1 aromatic heterocycles. The zero-order chi connectivity index (χ0) is 16.3. The number of nitrogens with one attached hydrogen (secondary N) is 1. The van der Waals surface area contributed by atoms with Crippen LogP contribution in [0, 0.1) is 0 Å². The summed E-state index contributed by atoms with van der Waals surface area (Å²) in [5.41, 5.74) is -1.42. The summed E-state index contributed by atoms with van der Waals surface area (Å²) >= 11 is 2.59. The first kappa shape index (κ1) is 16.8. The standard InChI is InChI=1S/C13H12F3N3OS2/c1-7(2)21-12-19-18-11(22-12)17-10(20)8-5-3-4-6-9(8)13(14,15)16/h3-7H,1-2H3,(H,17,18,20). The van der Waals surface area contributed by atoms with Gasteiger partial charge in [0.2, 0.25) is 5.13 Å². The van der Waals surface area contributed by atoms with Gasteiger partial charge in [-0.05, 0) is 12.1 Å². The van der Waals surface area contributed by atoms with Gasteiger partial charge in [0.25, 0.3) is 5.91 Å². The molecule has 9 heteroatoms. The topological polar surface area (TPSA) is 54.9 Å². The molecule has 0 saturated heterocycles. The third-order valence-electron chi connectivity index (χ3n) is 2.44. The van der Waals surface area contributed by atoms with E-state index in [-0.39, 0.29) is 5.13 Å². The number of carbonyl (C=O) groups is 1. The van der Waals surface area contributed by atoms with Gasteiger partial charge >= 0.3 is 6.18 Å². The number of aromatic nitrogens is 2. The second-order valence-corrected chi connectivity index (χ2v) is 7.34. The van der Waals surface area contributed by atoms with Crippen LogP contribution in [0.5, 0.6) is 0 Å². The molecule has 0 fully saturated rings. The van der Waals surface area contributed by atoms with Crippen LogP contribution in [0.1, 0.15) is 29.8 Å². The second kappa shape index (κ2) is 6.66. The van der Waals surface area contributed by atoms with Crippen LogP contribution in [0.2, 0.25) is 0 Å². The number of hydrogen-bond donors (Lipinski definition) is 1. The number of thioether (sulfide) groups is 1. The Morgan fingerprint density at radius 2 is 1.95 bits per heavy atom. The Balaban J connectivity index is 2.18. The first-order valence-corrected chi connectivity index (χ1v) is 7.94. The van der Waals surface area contributed by atoms with Crippen molar-refractivity contribution < 1.29 is 18.0 Å². The van der Waals surface area contributed by atoms with Crippen molar-refractivity contribution in [2.45, 2.75) is 29.6 Å². The lowest BCUT2D eigenvalue weighted by molar-refractivity contribution is -0.137. The number of rotatable bonds is 4. The van der Waals surface area contributed by atoms with Gasteiger partial charge in [-0.15, -0.1) is 10.2 Å². The number of alkyl halides is 3. The maximum atomic E-state index is 12.9. The molecular weight excluding hydrogens is 335 g/mol. The van der Waals surface area contributed by atoms with Crippen molar-refractivity contribution in [2.24, 2.45) is 0 Å². The van der Waals surface area contributed by atoms with E-state index < -0.39 is 23.2 Å². The first-order chi connectivity index (χ1) is 10.3. The maximum absolute atomic E-state index is 12.9. The van der Waals surface area contributed by atoms with Gasteiger partial charge in [0, 0.05) is 5.25 Å². The van der Waals surface area contributed by atoms with Crippen LogP contribution in [0.4, 0.5) is 18.3 Å². The minimum Gasteiger partial charge on any atom is -0.296 e. The fraction of sp³-hybridized carbons (Fsp3) is 0.308. The van der Waals surface area contributed by atoms with E-state index in [0.29, 0.717) is 9.59 Å². The predicted octanol–water partition coefficient (Wildman–Crippen LogP) is 4.31. The lowest BCUT2D eigenvalue weighted by atomic mass is 10.1. The molecule has 0 bridgehead atoms. The van der Waals surface area contributed by atoms with Crippen molar-refractivity contribution >= 4 is 34.1 Å². The Labute approximate surface area is 133 Å². The summed E-state index contributed by atoms with van der Waals surface area (Å²) in [7, 11) is 0. The number of anilines is 1. The molecule has 0 unspecified atom stereocenters. The van der Waals surface area contributed by atoms with E-state index in [1.54, 1.807) is 0 Å². The van der Waals surface area contributed by atoms with Crippen LogP contribution in [0.25, 0.3) is 0 Å². The van der Waals surface area contributed by atoms with Crippen LogP contribution in [-0.4, -0.2) is 21.4 Å². The number of carbonyl (C=O) groups excluding carboxylic acids is 1. The Kier molecular flexibility index (Phi) is 5.07. The summed E-state index contributed by atoms with van der Waals surface area (Å²) < 4.78 is 39.3. The average molecular weight is 347 g/mol. The molecule has 22 heavy (non-hydrogen) atoms. The Bertz CT molecular complexity index is 671. The number of hydrogen-bond acceptors (Lipinski definition) is 5. The van der Waals surface area contributed by atoms with Crippen LogP contribution < -0.4 is 5.32 Å². The quantitative estimate of drug-likeness (QED) is 0.661. The third kappa shape index (κ3) is 4.20. The highest BCUT2D eigenvalue weighted by molar-refractivity contribution is 8.01. The van der Waals surface area contributed by atoms with Crippen LogP contribution >= 0.6 is 23.1 Å². The van der Waals surface area contributed by atoms with Crippen molar-refractivity contribution in [3.05, 3.63) is 35.4 Å². The highest BCUT2D eigenvalue weighted by Gasteiger charge is 2.35. The highest BCUT2D eigenvalue weighted by Crippen LogP contribution is 2.33. The molecule has 118 valence electrons. The molecule has 1 amide bonds.